The minimum atomic E-state index is -4.14. The molecule has 14 N–H and O–H groups in total. The topological polar surface area (TPSA) is 487 Å². The van der Waals surface area contributed by atoms with Crippen molar-refractivity contribution < 1.29 is 87.7 Å². The van der Waals surface area contributed by atoms with Gasteiger partial charge in [-0.05, 0) is 153 Å². The van der Waals surface area contributed by atoms with Crippen LogP contribution in [-0.2, 0) is 101 Å². The summed E-state index contributed by atoms with van der Waals surface area (Å²) in [6.07, 6.45) is 2.24. The van der Waals surface area contributed by atoms with Gasteiger partial charge < -0.3 is 80.9 Å². The summed E-state index contributed by atoms with van der Waals surface area (Å²) in [5, 5.41) is 29.6. The lowest BCUT2D eigenvalue weighted by Crippen LogP contribution is -2.53. The van der Waals surface area contributed by atoms with Crippen LogP contribution in [0.25, 0.3) is 0 Å². The first-order valence-corrected chi connectivity index (χ1v) is 37.2. The molecule has 5 aromatic carbocycles. The van der Waals surface area contributed by atoms with Gasteiger partial charge in [0.05, 0.1) is 67.1 Å². The van der Waals surface area contributed by atoms with E-state index >= 15 is 14.4 Å². The number of carbonyl (C=O) groups excluding carboxylic acids is 8. The number of unbranched alkanes of at least 4 members (excludes halogenated alkanes) is 2. The number of primary amides is 1. The molecule has 0 aliphatic carbocycles. The second-order valence-electron chi connectivity index (χ2n) is 24.1. The number of benzene rings is 5. The number of primary sulfonamides is 3. The first-order chi connectivity index (χ1) is 48.5. The van der Waals surface area contributed by atoms with Crippen molar-refractivity contribution in [2.75, 3.05) is 125 Å². The van der Waals surface area contributed by atoms with Crippen LogP contribution in [0.15, 0.2) is 124 Å². The number of carbonyl (C=O) groups is 8. The average Bonchev–Trinajstić information content (AvgIpc) is 1.42. The Morgan fingerprint density at radius 2 is 0.696 bits per heavy atom. The molecule has 2 aliphatic rings. The number of hydrogen-bond donors (Lipinski definition) is 8. The Morgan fingerprint density at radius 1 is 0.382 bits per heavy atom. The minimum absolute atomic E-state index is 0.0113. The van der Waals surface area contributed by atoms with E-state index in [4.69, 9.17) is 51.6 Å². The lowest BCUT2D eigenvalue weighted by atomic mass is 10.1. The molecule has 0 bridgehead atoms. The van der Waals surface area contributed by atoms with E-state index in [1.54, 1.807) is 36.4 Å². The molecule has 33 nitrogen and oxygen atoms in total. The van der Waals surface area contributed by atoms with E-state index in [1.165, 1.54) is 82.6 Å². The van der Waals surface area contributed by atoms with Gasteiger partial charge in [0.1, 0.15) is 6.54 Å². The van der Waals surface area contributed by atoms with E-state index in [0.717, 1.165) is 24.5 Å². The lowest BCUT2D eigenvalue weighted by Gasteiger charge is -2.32. The molecule has 0 spiro atoms. The normalized spacial score (nSPS) is 12.3. The van der Waals surface area contributed by atoms with Crippen LogP contribution < -0.4 is 56.9 Å². The number of nitrogens with zero attached hydrogens (tertiary/aromatic N) is 7. The SMILES string of the molecule is NCCCCNCC(=O)N(CCc1ccc(S(N)(=O)=O)cc1)CC(=O)N(CCCCN)CC(=O)N(CCO)CC(=O)N(CCc1ccc(S(N)(=O)=O)cc1)CC(=O)N(CC(=O)N(CCc1ccc(S(N)(=O)=O)cc1)CC(=O)N(CC(N)=O)Cc1ccc2c(c1)OCO2)Cc1ccc2c(c1)OCO2. The van der Waals surface area contributed by atoms with Gasteiger partial charge in [0.15, 0.2) is 23.0 Å². The van der Waals surface area contributed by atoms with Gasteiger partial charge in [-0.15, -0.1) is 0 Å². The van der Waals surface area contributed by atoms with Crippen molar-refractivity contribution in [3.8, 4) is 23.0 Å². The highest BCUT2D eigenvalue weighted by atomic mass is 32.2. The summed E-state index contributed by atoms with van der Waals surface area (Å²) < 4.78 is 94.9. The zero-order valence-corrected chi connectivity index (χ0v) is 58.8. The molecular formula is C66H88N14O19S3. The first kappa shape index (κ1) is 79.9. The van der Waals surface area contributed by atoms with Gasteiger partial charge in [0.2, 0.25) is 90.9 Å². The Hall–Kier alpha value is -9.37. The number of sulfonamides is 3. The molecule has 2 heterocycles. The maximum atomic E-state index is 15.3. The molecule has 0 fully saturated rings. The molecule has 36 heteroatoms. The van der Waals surface area contributed by atoms with Gasteiger partial charge in [-0.3, -0.25) is 38.4 Å². The van der Waals surface area contributed by atoms with Crippen LogP contribution in [0.3, 0.4) is 0 Å². The highest BCUT2D eigenvalue weighted by Gasteiger charge is 2.32. The average molecular weight is 1480 g/mol. The number of nitrogens with one attached hydrogen (secondary N) is 1. The molecular weight excluding hydrogens is 1390 g/mol. The fraction of sp³-hybridized carbons (Fsp3) is 0.424. The molecule has 102 heavy (non-hydrogen) atoms. The number of ether oxygens (including phenoxy) is 4. The number of fused-ring (bicyclic) bond motifs is 2. The van der Waals surface area contributed by atoms with Gasteiger partial charge in [0.25, 0.3) is 0 Å². The van der Waals surface area contributed by atoms with Crippen molar-refractivity contribution in [3.63, 3.8) is 0 Å². The number of amides is 8. The molecule has 7 rings (SSSR count). The predicted octanol–water partition coefficient (Wildman–Crippen LogP) is -2.14. The van der Waals surface area contributed by atoms with Gasteiger partial charge in [-0.1, -0.05) is 48.5 Å². The summed E-state index contributed by atoms with van der Waals surface area (Å²) >= 11 is 0. The number of nitrogens with two attached hydrogens (primary N) is 6. The Balaban J connectivity index is 1.18. The van der Waals surface area contributed by atoms with Crippen LogP contribution in [0.4, 0.5) is 0 Å². The Kier molecular flexibility index (Phi) is 29.8. The summed E-state index contributed by atoms with van der Waals surface area (Å²) in [4.78, 5) is 123. The Morgan fingerprint density at radius 3 is 1.06 bits per heavy atom. The molecule has 0 saturated heterocycles. The Labute approximate surface area is 592 Å². The van der Waals surface area contributed by atoms with Crippen molar-refractivity contribution >= 4 is 77.3 Å². The van der Waals surface area contributed by atoms with E-state index in [2.05, 4.69) is 5.32 Å². The maximum absolute atomic E-state index is 15.3. The van der Waals surface area contributed by atoms with Crippen LogP contribution in [0.1, 0.15) is 53.5 Å². The van der Waals surface area contributed by atoms with E-state index in [1.807, 2.05) is 0 Å². The summed E-state index contributed by atoms with van der Waals surface area (Å²) in [7, 11) is -12.2. The van der Waals surface area contributed by atoms with E-state index in [9.17, 15) is 54.3 Å². The molecule has 0 atom stereocenters. The van der Waals surface area contributed by atoms with Gasteiger partial charge in [0, 0.05) is 45.8 Å². The molecule has 8 amide bonds. The number of aliphatic hydroxyl groups excluding tert-OH is 1. The fourth-order valence-electron chi connectivity index (χ4n) is 10.8. The van der Waals surface area contributed by atoms with Gasteiger partial charge in [-0.25, -0.2) is 40.7 Å². The van der Waals surface area contributed by atoms with Crippen LogP contribution in [0.2, 0.25) is 0 Å². The highest BCUT2D eigenvalue weighted by molar-refractivity contribution is 7.89. The summed E-state index contributed by atoms with van der Waals surface area (Å²) in [5.41, 5.74) is 19.7. The first-order valence-electron chi connectivity index (χ1n) is 32.6. The van der Waals surface area contributed by atoms with Crippen molar-refractivity contribution in [3.05, 3.63) is 137 Å². The van der Waals surface area contributed by atoms with Crippen LogP contribution in [-0.4, -0.2) is 237 Å². The molecule has 5 aromatic rings. The van der Waals surface area contributed by atoms with Crippen molar-refractivity contribution in [1.29, 1.82) is 0 Å². The van der Waals surface area contributed by atoms with Gasteiger partial charge in [-0.2, -0.15) is 0 Å². The Bertz CT molecular complexity index is 4100. The summed E-state index contributed by atoms with van der Waals surface area (Å²) in [6.45, 7) is -6.28. The molecule has 0 aromatic heterocycles. The fourth-order valence-corrected chi connectivity index (χ4v) is 12.4. The molecule has 0 saturated carbocycles. The van der Waals surface area contributed by atoms with E-state index < -0.39 is 136 Å². The maximum Gasteiger partial charge on any atom is 0.242 e. The monoisotopic (exact) mass is 1480 g/mol. The smallest absolute Gasteiger partial charge is 0.242 e. The molecule has 0 unspecified atom stereocenters. The summed E-state index contributed by atoms with van der Waals surface area (Å²) in [5.74, 6) is -4.61. The van der Waals surface area contributed by atoms with Crippen LogP contribution in [0.5, 0.6) is 23.0 Å². The standard InChI is InChI=1S/C66H88N14O19S3/c67-24-1-3-26-73-35-60(83)75(28-21-47-5-13-52(14-6-47)100(70,90)91)40-61(84)74(27-4-2-25-68)39-63(86)78(31-32-81)41-62(85)76(29-22-48-7-15-53(16-8-48)101(71,92)93)43-66(89)80(37-51-12-20-56-58(34-51)99-46-97-56)44-64(87)77(30-23-49-9-17-54(18-10-49)102(72,94)95)42-65(88)79(38-59(69)82)36-50-11-19-55-57(33-50)98-45-96-55/h5-20,33-34,73,81H,1-4,21-32,35-46,67-68H2,(H2,69,82)(H2,70,90,91)(H2,71,92,93)(H2,72,94,95). The predicted molar refractivity (Wildman–Crippen MR) is 369 cm³/mol. The third-order valence-electron chi connectivity index (χ3n) is 16.5. The second-order valence-corrected chi connectivity index (χ2v) is 28.8. The van der Waals surface area contributed by atoms with E-state index in [-0.39, 0.29) is 99.9 Å². The second kappa shape index (κ2) is 38.1. The number of hydrogen-bond acceptors (Lipinski definition) is 22. The van der Waals surface area contributed by atoms with Crippen molar-refractivity contribution in [1.82, 2.24) is 39.6 Å². The molecule has 554 valence electrons. The van der Waals surface area contributed by atoms with Crippen molar-refractivity contribution in [2.24, 2.45) is 32.6 Å². The molecule has 2 aliphatic heterocycles. The van der Waals surface area contributed by atoms with Crippen LogP contribution in [0, 0.1) is 0 Å². The minimum Gasteiger partial charge on any atom is -0.454 e. The molecule has 0 radical (unpaired) electrons. The zero-order valence-electron chi connectivity index (χ0n) is 56.3. The lowest BCUT2D eigenvalue weighted by molar-refractivity contribution is -0.148. The van der Waals surface area contributed by atoms with Gasteiger partial charge >= 0.3 is 0 Å². The third kappa shape index (κ3) is 25.0. The number of rotatable bonds is 42. The van der Waals surface area contributed by atoms with Crippen LogP contribution >= 0.6 is 0 Å². The third-order valence-corrected chi connectivity index (χ3v) is 19.3. The highest BCUT2D eigenvalue weighted by Crippen LogP contribution is 2.34. The van der Waals surface area contributed by atoms with E-state index in [0.29, 0.717) is 89.6 Å². The number of aliphatic hydroxyl groups is 1. The quantitative estimate of drug-likeness (QED) is 0.0193. The largest absolute Gasteiger partial charge is 0.454 e. The van der Waals surface area contributed by atoms with Crippen molar-refractivity contribution in [2.45, 2.75) is 72.7 Å². The zero-order chi connectivity index (χ0) is 74.2. The summed E-state index contributed by atoms with van der Waals surface area (Å²) in [6, 6.07) is 26.2.